The molecule has 1 atom stereocenters. The van der Waals surface area contributed by atoms with E-state index < -0.39 is 10.0 Å². The van der Waals surface area contributed by atoms with Crippen molar-refractivity contribution in [2.75, 3.05) is 49.5 Å². The lowest BCUT2D eigenvalue weighted by Crippen LogP contribution is -2.44. The van der Waals surface area contributed by atoms with Crippen molar-refractivity contribution >= 4 is 33.2 Å². The van der Waals surface area contributed by atoms with Gasteiger partial charge in [0.15, 0.2) is 0 Å². The highest BCUT2D eigenvalue weighted by molar-refractivity contribution is 7.89. The van der Waals surface area contributed by atoms with Crippen LogP contribution in [0.2, 0.25) is 0 Å². The minimum atomic E-state index is -3.64. The third-order valence-corrected chi connectivity index (χ3v) is 9.34. The smallest absolute Gasteiger partial charge is 0.243 e. The minimum absolute atomic E-state index is 0.135. The molecule has 1 aliphatic carbocycles. The van der Waals surface area contributed by atoms with Crippen molar-refractivity contribution in [2.24, 2.45) is 11.8 Å². The molecule has 1 N–H and O–H groups in total. The van der Waals surface area contributed by atoms with E-state index >= 15 is 0 Å². The zero-order valence-electron chi connectivity index (χ0n) is 20.5. The fourth-order valence-corrected chi connectivity index (χ4v) is 6.60. The van der Waals surface area contributed by atoms with Crippen LogP contribution in [0.25, 0.3) is 0 Å². The molecule has 3 aliphatic rings. The van der Waals surface area contributed by atoms with Crippen LogP contribution in [-0.4, -0.2) is 68.7 Å². The van der Waals surface area contributed by atoms with Gasteiger partial charge in [0.1, 0.15) is 0 Å². The number of benzene rings is 1. The largest absolute Gasteiger partial charge is 0.370 e. The number of piperidine rings is 2. The van der Waals surface area contributed by atoms with Gasteiger partial charge < -0.3 is 15.1 Å². The van der Waals surface area contributed by atoms with Gasteiger partial charge in [-0.3, -0.25) is 9.59 Å². The molecule has 34 heavy (non-hydrogen) atoms. The van der Waals surface area contributed by atoms with Gasteiger partial charge >= 0.3 is 0 Å². The van der Waals surface area contributed by atoms with Gasteiger partial charge in [0, 0.05) is 45.2 Å². The average molecular weight is 491 g/mol. The summed E-state index contributed by atoms with van der Waals surface area (Å²) >= 11 is 0. The van der Waals surface area contributed by atoms with Crippen molar-refractivity contribution in [2.45, 2.75) is 63.7 Å². The fourth-order valence-electron chi connectivity index (χ4n) is 5.11. The first-order chi connectivity index (χ1) is 16.3. The highest BCUT2D eigenvalue weighted by Crippen LogP contribution is 2.34. The summed E-state index contributed by atoms with van der Waals surface area (Å²) in [6.45, 7) is 7.36. The zero-order valence-corrected chi connectivity index (χ0v) is 21.3. The number of likely N-dealkylation sites (tertiary alicyclic amines) is 1. The van der Waals surface area contributed by atoms with Gasteiger partial charge in [-0.15, -0.1) is 0 Å². The van der Waals surface area contributed by atoms with Crippen LogP contribution >= 0.6 is 0 Å². The predicted octanol–water partition coefficient (Wildman–Crippen LogP) is 3.29. The molecule has 8 nitrogen and oxygen atoms in total. The molecule has 2 amide bonds. The van der Waals surface area contributed by atoms with Crippen LogP contribution in [0, 0.1) is 11.8 Å². The summed E-state index contributed by atoms with van der Waals surface area (Å²) in [6, 6.07) is 5.11. The Morgan fingerprint density at radius 3 is 2.32 bits per heavy atom. The van der Waals surface area contributed by atoms with Gasteiger partial charge in [-0.25, -0.2) is 8.42 Å². The van der Waals surface area contributed by atoms with Gasteiger partial charge in [0.05, 0.1) is 22.2 Å². The second-order valence-electron chi connectivity index (χ2n) is 9.70. The molecule has 9 heteroatoms. The standard InChI is InChI=1S/C25H38N4O4S/c1-3-29(4-2)34(32,33)21-12-13-23(27-14-6-5-7-15-27)22(17-21)26-24(30)20-9-8-16-28(18-20)25(31)19-10-11-19/h12-13,17,19-20H,3-11,14-16,18H2,1-2H3,(H,26,30). The first-order valence-corrected chi connectivity index (χ1v) is 14.3. The molecule has 1 aromatic rings. The topological polar surface area (TPSA) is 90.0 Å². The third-order valence-electron chi connectivity index (χ3n) is 7.30. The molecular formula is C25H38N4O4S. The van der Waals surface area contributed by atoms with E-state index in [0.717, 1.165) is 63.8 Å². The maximum absolute atomic E-state index is 13.3. The van der Waals surface area contributed by atoms with Crippen molar-refractivity contribution in [3.8, 4) is 0 Å². The minimum Gasteiger partial charge on any atom is -0.370 e. The van der Waals surface area contributed by atoms with Crippen LogP contribution in [0.4, 0.5) is 11.4 Å². The van der Waals surface area contributed by atoms with Crippen LogP contribution < -0.4 is 10.2 Å². The second-order valence-corrected chi connectivity index (χ2v) is 11.6. The number of nitrogens with one attached hydrogen (secondary N) is 1. The summed E-state index contributed by atoms with van der Waals surface area (Å²) in [7, 11) is -3.64. The molecule has 0 bridgehead atoms. The first kappa shape index (κ1) is 25.0. The SMILES string of the molecule is CCN(CC)S(=O)(=O)c1ccc(N2CCCCC2)c(NC(=O)C2CCCN(C(=O)C3CC3)C2)c1. The second kappa shape index (κ2) is 10.6. The van der Waals surface area contributed by atoms with Crippen molar-refractivity contribution in [3.63, 3.8) is 0 Å². The fraction of sp³-hybridized carbons (Fsp3) is 0.680. The third kappa shape index (κ3) is 5.40. The van der Waals surface area contributed by atoms with E-state index in [4.69, 9.17) is 0 Å². The predicted molar refractivity (Wildman–Crippen MR) is 133 cm³/mol. The maximum Gasteiger partial charge on any atom is 0.243 e. The van der Waals surface area contributed by atoms with E-state index in [1.807, 2.05) is 24.8 Å². The Kier molecular flexibility index (Phi) is 7.82. The molecule has 2 saturated heterocycles. The lowest BCUT2D eigenvalue weighted by molar-refractivity contribution is -0.135. The van der Waals surface area contributed by atoms with E-state index in [0.29, 0.717) is 25.3 Å². The molecule has 1 unspecified atom stereocenters. The van der Waals surface area contributed by atoms with Crippen molar-refractivity contribution < 1.29 is 18.0 Å². The lowest BCUT2D eigenvalue weighted by atomic mass is 9.96. The van der Waals surface area contributed by atoms with Crippen molar-refractivity contribution in [1.29, 1.82) is 0 Å². The Labute approximate surface area is 203 Å². The molecule has 0 radical (unpaired) electrons. The maximum atomic E-state index is 13.3. The van der Waals surface area contributed by atoms with Gasteiger partial charge in [-0.05, 0) is 63.1 Å². The first-order valence-electron chi connectivity index (χ1n) is 12.8. The summed E-state index contributed by atoms with van der Waals surface area (Å²) in [5.41, 5.74) is 1.42. The summed E-state index contributed by atoms with van der Waals surface area (Å²) in [5.74, 6) is -0.0917. The average Bonchev–Trinajstić information content (AvgIpc) is 3.70. The number of anilines is 2. The number of sulfonamides is 1. The monoisotopic (exact) mass is 490 g/mol. The van der Waals surface area contributed by atoms with E-state index in [9.17, 15) is 18.0 Å². The molecule has 4 rings (SSSR count). The van der Waals surface area contributed by atoms with Gasteiger partial charge in [-0.1, -0.05) is 13.8 Å². The normalized spacial score (nSPS) is 21.6. The van der Waals surface area contributed by atoms with E-state index in [2.05, 4.69) is 10.2 Å². The van der Waals surface area contributed by atoms with Crippen LogP contribution in [0.15, 0.2) is 23.1 Å². The molecule has 2 heterocycles. The van der Waals surface area contributed by atoms with Gasteiger partial charge in [0.2, 0.25) is 21.8 Å². The van der Waals surface area contributed by atoms with Gasteiger partial charge in [0.25, 0.3) is 0 Å². The number of amides is 2. The Hall–Kier alpha value is -2.13. The number of hydrogen-bond donors (Lipinski definition) is 1. The Balaban J connectivity index is 1.58. The number of carbonyl (C=O) groups is 2. The quantitative estimate of drug-likeness (QED) is 0.604. The lowest BCUT2D eigenvalue weighted by Gasteiger charge is -2.33. The summed E-state index contributed by atoms with van der Waals surface area (Å²) in [5, 5.41) is 3.07. The zero-order chi connectivity index (χ0) is 24.3. The summed E-state index contributed by atoms with van der Waals surface area (Å²) < 4.78 is 27.8. The van der Waals surface area contributed by atoms with Gasteiger partial charge in [-0.2, -0.15) is 4.31 Å². The van der Waals surface area contributed by atoms with Crippen molar-refractivity contribution in [3.05, 3.63) is 18.2 Å². The Morgan fingerprint density at radius 2 is 1.68 bits per heavy atom. The molecule has 188 valence electrons. The van der Waals surface area contributed by atoms with Crippen LogP contribution in [0.5, 0.6) is 0 Å². The van der Waals surface area contributed by atoms with Crippen molar-refractivity contribution in [1.82, 2.24) is 9.21 Å². The van der Waals surface area contributed by atoms with Crippen LogP contribution in [0.3, 0.4) is 0 Å². The molecule has 2 aliphatic heterocycles. The number of rotatable bonds is 8. The van der Waals surface area contributed by atoms with E-state index in [-0.39, 0.29) is 28.5 Å². The van der Waals surface area contributed by atoms with E-state index in [1.54, 1.807) is 12.1 Å². The Morgan fingerprint density at radius 1 is 0.971 bits per heavy atom. The number of hydrogen-bond acceptors (Lipinski definition) is 5. The highest BCUT2D eigenvalue weighted by Gasteiger charge is 2.37. The van der Waals surface area contributed by atoms with Crippen LogP contribution in [0.1, 0.15) is 58.8 Å². The molecule has 0 spiro atoms. The molecule has 3 fully saturated rings. The molecule has 1 aromatic carbocycles. The number of carbonyl (C=O) groups excluding carboxylic acids is 2. The highest BCUT2D eigenvalue weighted by atomic mass is 32.2. The molecular weight excluding hydrogens is 452 g/mol. The number of nitrogens with zero attached hydrogens (tertiary/aromatic N) is 3. The Bertz CT molecular complexity index is 998. The van der Waals surface area contributed by atoms with E-state index in [1.165, 1.54) is 10.7 Å². The molecule has 0 aromatic heterocycles. The summed E-state index contributed by atoms with van der Waals surface area (Å²) in [6.07, 6.45) is 6.79. The molecule has 1 saturated carbocycles. The summed E-state index contributed by atoms with van der Waals surface area (Å²) in [4.78, 5) is 30.1. The van der Waals surface area contributed by atoms with Crippen LogP contribution in [-0.2, 0) is 19.6 Å².